The molecule has 3 heteroatoms. The predicted molar refractivity (Wildman–Crippen MR) is 136 cm³/mol. The minimum Gasteiger partial charge on any atom is -0.393 e. The van der Waals surface area contributed by atoms with Crippen molar-refractivity contribution >= 4 is 0 Å². The Hall–Kier alpha value is -0.120. The Balaban J connectivity index is 1.40. The fourth-order valence-corrected chi connectivity index (χ4v) is 12.5. The maximum Gasteiger partial charge on any atom is 0.163 e. The molecule has 2 heterocycles. The number of fused-ring (bicyclic) bond motifs is 7. The number of rotatable bonds is 1. The lowest BCUT2D eigenvalue weighted by Crippen LogP contribution is -2.73. The van der Waals surface area contributed by atoms with Gasteiger partial charge in [0.15, 0.2) is 6.29 Å². The second-order valence-corrected chi connectivity index (χ2v) is 15.6. The summed E-state index contributed by atoms with van der Waals surface area (Å²) in [5, 5.41) is 11.0. The Morgan fingerprint density at radius 1 is 0.765 bits per heavy atom. The lowest BCUT2D eigenvalue weighted by atomic mass is 9.30. The molecule has 34 heavy (non-hydrogen) atoms. The Morgan fingerprint density at radius 3 is 2.18 bits per heavy atom. The second kappa shape index (κ2) is 7.04. The number of hydrogen-bond acceptors (Lipinski definition) is 3. The van der Waals surface area contributed by atoms with Gasteiger partial charge in [0.2, 0.25) is 0 Å². The zero-order chi connectivity index (χ0) is 24.5. The van der Waals surface area contributed by atoms with Gasteiger partial charge in [0, 0.05) is 12.5 Å². The van der Waals surface area contributed by atoms with Crippen LogP contribution in [0.1, 0.15) is 113 Å². The molecule has 7 aliphatic rings. The highest BCUT2D eigenvalue weighted by Crippen LogP contribution is 2.78. The van der Waals surface area contributed by atoms with E-state index in [0.29, 0.717) is 28.1 Å². The van der Waals surface area contributed by atoms with Crippen LogP contribution in [-0.2, 0) is 9.47 Å². The van der Waals surface area contributed by atoms with Crippen molar-refractivity contribution in [2.75, 3.05) is 7.11 Å². The predicted octanol–water partition coefficient (Wildman–Crippen LogP) is 7.21. The van der Waals surface area contributed by atoms with Crippen LogP contribution in [0.3, 0.4) is 0 Å². The SMILES string of the molecule is CO[C@H]1O[C@]2(C)CC[C@@]13CC[C@]1(C)[C@H](CC[C@@H]4[C@@]5(C)CC[C@H](O)C(C)(C)[C@@H]5CC[C@]41C)[C@H]3[C@@H]2C. The van der Waals surface area contributed by atoms with Crippen molar-refractivity contribution in [3.63, 3.8) is 0 Å². The molecule has 0 amide bonds. The maximum absolute atomic E-state index is 11.0. The van der Waals surface area contributed by atoms with Crippen LogP contribution in [0.2, 0.25) is 0 Å². The van der Waals surface area contributed by atoms with Crippen LogP contribution < -0.4 is 0 Å². The third kappa shape index (κ3) is 2.56. The third-order valence-electron chi connectivity index (χ3n) is 14.8. The Labute approximate surface area is 209 Å². The summed E-state index contributed by atoms with van der Waals surface area (Å²) in [7, 11) is 1.89. The van der Waals surface area contributed by atoms with Gasteiger partial charge in [-0.25, -0.2) is 0 Å². The number of hydrogen-bond donors (Lipinski definition) is 1. The van der Waals surface area contributed by atoms with Crippen LogP contribution in [0.15, 0.2) is 0 Å². The van der Waals surface area contributed by atoms with E-state index in [1.807, 2.05) is 7.11 Å². The molecule has 194 valence electrons. The van der Waals surface area contributed by atoms with E-state index in [9.17, 15) is 5.11 Å². The zero-order valence-corrected chi connectivity index (χ0v) is 23.4. The molecule has 2 saturated heterocycles. The van der Waals surface area contributed by atoms with Gasteiger partial charge in [-0.1, -0.05) is 41.5 Å². The summed E-state index contributed by atoms with van der Waals surface area (Å²) in [6, 6.07) is 0. The molecule has 5 saturated carbocycles. The van der Waals surface area contributed by atoms with Gasteiger partial charge < -0.3 is 14.6 Å². The van der Waals surface area contributed by atoms with Gasteiger partial charge in [-0.05, 0) is 122 Å². The topological polar surface area (TPSA) is 38.7 Å². The lowest BCUT2D eigenvalue weighted by molar-refractivity contribution is -0.382. The molecule has 0 aromatic rings. The second-order valence-electron chi connectivity index (χ2n) is 15.6. The maximum atomic E-state index is 11.0. The molecule has 2 bridgehead atoms. The number of methoxy groups -OCH3 is 1. The molecule has 1 N–H and O–H groups in total. The molecular formula is C31H52O3. The van der Waals surface area contributed by atoms with E-state index >= 15 is 0 Å². The van der Waals surface area contributed by atoms with Gasteiger partial charge in [0.05, 0.1) is 11.7 Å². The van der Waals surface area contributed by atoms with E-state index < -0.39 is 0 Å². The lowest BCUT2D eigenvalue weighted by Gasteiger charge is -2.76. The summed E-state index contributed by atoms with van der Waals surface area (Å²) >= 11 is 0. The molecule has 0 unspecified atom stereocenters. The molecule has 0 aromatic carbocycles. The normalized spacial score (nSPS) is 62.2. The van der Waals surface area contributed by atoms with Gasteiger partial charge >= 0.3 is 0 Å². The molecule has 7 rings (SSSR count). The average molecular weight is 473 g/mol. The summed E-state index contributed by atoms with van der Waals surface area (Å²) < 4.78 is 12.8. The highest BCUT2D eigenvalue weighted by molar-refractivity contribution is 5.21. The Kier molecular flexibility index (Phi) is 5.02. The fraction of sp³-hybridized carbons (Fsp3) is 1.00. The van der Waals surface area contributed by atoms with Gasteiger partial charge in [-0.2, -0.15) is 0 Å². The fourth-order valence-electron chi connectivity index (χ4n) is 12.5. The van der Waals surface area contributed by atoms with Crippen LogP contribution in [0, 0.1) is 56.7 Å². The third-order valence-corrected chi connectivity index (χ3v) is 14.8. The van der Waals surface area contributed by atoms with E-state index in [1.165, 1.54) is 57.8 Å². The van der Waals surface area contributed by atoms with E-state index in [4.69, 9.17) is 9.47 Å². The van der Waals surface area contributed by atoms with Crippen LogP contribution in [0.5, 0.6) is 0 Å². The van der Waals surface area contributed by atoms with Gasteiger partial charge in [-0.3, -0.25) is 0 Å². The van der Waals surface area contributed by atoms with Crippen molar-refractivity contribution in [1.82, 2.24) is 0 Å². The van der Waals surface area contributed by atoms with Crippen molar-refractivity contribution in [1.29, 1.82) is 0 Å². The van der Waals surface area contributed by atoms with Crippen LogP contribution in [0.4, 0.5) is 0 Å². The summed E-state index contributed by atoms with van der Waals surface area (Å²) in [4.78, 5) is 0. The standard InChI is InChI=1S/C31H52O3/c1-19-24-20-9-10-22-27(4)13-12-23(32)26(2,3)21(27)11-14-29(22,6)28(20,5)15-17-31(24)18-16-30(19,7)34-25(31)33-8/h19-25,32H,9-18H2,1-8H3/t19-,20+,21-,22+,23-,24+,25-,27-,28+,29+,30+,31+/m0/s1. The molecular weight excluding hydrogens is 420 g/mol. The Morgan fingerprint density at radius 2 is 1.47 bits per heavy atom. The first-order chi connectivity index (χ1) is 15.8. The van der Waals surface area contributed by atoms with Crippen molar-refractivity contribution in [2.45, 2.75) is 131 Å². The first-order valence-electron chi connectivity index (χ1n) is 14.7. The minimum atomic E-state index is -0.137. The molecule has 12 atom stereocenters. The summed E-state index contributed by atoms with van der Waals surface area (Å²) in [6.45, 7) is 17.7. The van der Waals surface area contributed by atoms with Crippen molar-refractivity contribution < 1.29 is 14.6 Å². The monoisotopic (exact) mass is 472 g/mol. The molecule has 0 aromatic heterocycles. The molecule has 3 nitrogen and oxygen atoms in total. The zero-order valence-electron chi connectivity index (χ0n) is 23.4. The molecule has 7 fully saturated rings. The van der Waals surface area contributed by atoms with Gasteiger partial charge in [-0.15, -0.1) is 0 Å². The average Bonchev–Trinajstić information content (AvgIpc) is 2.78. The number of aliphatic hydroxyl groups excluding tert-OH is 1. The van der Waals surface area contributed by atoms with Crippen LogP contribution >= 0.6 is 0 Å². The minimum absolute atomic E-state index is 0.0172. The summed E-state index contributed by atoms with van der Waals surface area (Å²) in [5.41, 5.74) is 1.37. The first kappa shape index (κ1) is 24.2. The number of aliphatic hydroxyl groups is 1. The first-order valence-corrected chi connectivity index (χ1v) is 14.7. The summed E-state index contributed by atoms with van der Waals surface area (Å²) in [6.07, 6.45) is 12.5. The van der Waals surface area contributed by atoms with Gasteiger partial charge in [0.25, 0.3) is 0 Å². The number of ether oxygens (including phenoxy) is 2. The molecule has 0 radical (unpaired) electrons. The van der Waals surface area contributed by atoms with Crippen molar-refractivity contribution in [2.24, 2.45) is 56.7 Å². The molecule has 1 spiro atoms. The van der Waals surface area contributed by atoms with E-state index in [2.05, 4.69) is 48.5 Å². The summed E-state index contributed by atoms with van der Waals surface area (Å²) in [5.74, 6) is 3.53. The van der Waals surface area contributed by atoms with E-state index in [1.54, 1.807) is 0 Å². The molecule has 5 aliphatic carbocycles. The largest absolute Gasteiger partial charge is 0.393 e. The highest BCUT2D eigenvalue weighted by Gasteiger charge is 2.74. The quantitative estimate of drug-likeness (QED) is 0.438. The van der Waals surface area contributed by atoms with E-state index in [-0.39, 0.29) is 28.8 Å². The van der Waals surface area contributed by atoms with Crippen LogP contribution in [-0.4, -0.2) is 30.2 Å². The van der Waals surface area contributed by atoms with Crippen LogP contribution in [0.25, 0.3) is 0 Å². The highest BCUT2D eigenvalue weighted by atomic mass is 16.7. The Bertz CT molecular complexity index is 854. The smallest absolute Gasteiger partial charge is 0.163 e. The van der Waals surface area contributed by atoms with Crippen molar-refractivity contribution in [3.8, 4) is 0 Å². The molecule has 2 aliphatic heterocycles. The van der Waals surface area contributed by atoms with E-state index in [0.717, 1.165) is 24.2 Å². The van der Waals surface area contributed by atoms with Crippen molar-refractivity contribution in [3.05, 3.63) is 0 Å². The van der Waals surface area contributed by atoms with Gasteiger partial charge in [0.1, 0.15) is 0 Å².